The molecule has 0 aliphatic rings. The molecule has 0 fully saturated rings. The van der Waals surface area contributed by atoms with E-state index in [0.717, 1.165) is 27.9 Å². The van der Waals surface area contributed by atoms with E-state index in [-0.39, 0.29) is 0 Å². The summed E-state index contributed by atoms with van der Waals surface area (Å²) < 4.78 is 6.24. The molecule has 0 unspecified atom stereocenters. The van der Waals surface area contributed by atoms with Crippen LogP contribution in [-0.4, -0.2) is 16.6 Å². The average Bonchev–Trinajstić information content (AvgIpc) is 2.44. The highest BCUT2D eigenvalue weighted by molar-refractivity contribution is 9.10. The lowest BCUT2D eigenvalue weighted by atomic mass is 10.1. The van der Waals surface area contributed by atoms with Gasteiger partial charge in [0.05, 0.1) is 16.8 Å². The lowest BCUT2D eigenvalue weighted by Crippen LogP contribution is -2.05. The Bertz CT molecular complexity index is 612. The van der Waals surface area contributed by atoms with Crippen LogP contribution >= 0.6 is 15.9 Å². The molecule has 0 radical (unpaired) electrons. The number of benzene rings is 1. The fourth-order valence-corrected chi connectivity index (χ4v) is 2.37. The van der Waals surface area contributed by atoms with Crippen LogP contribution in [0.25, 0.3) is 11.4 Å². The third-order valence-corrected chi connectivity index (χ3v) is 3.83. The van der Waals surface area contributed by atoms with Gasteiger partial charge < -0.3 is 10.5 Å². The van der Waals surface area contributed by atoms with Gasteiger partial charge in [-0.05, 0) is 59.5 Å². The number of nitrogens with two attached hydrogens (primary N) is 1. The Morgan fingerprint density at radius 1 is 1.19 bits per heavy atom. The lowest BCUT2D eigenvalue weighted by molar-refractivity contribution is 0.340. The minimum atomic E-state index is 0.476. The van der Waals surface area contributed by atoms with Gasteiger partial charge in [-0.25, -0.2) is 9.97 Å². The van der Waals surface area contributed by atoms with Crippen LogP contribution in [0.1, 0.15) is 26.5 Å². The molecule has 21 heavy (non-hydrogen) atoms. The van der Waals surface area contributed by atoms with Crippen LogP contribution in [0.4, 0.5) is 5.82 Å². The summed E-state index contributed by atoms with van der Waals surface area (Å²) in [6.45, 7) is 6.92. The number of hydrogen-bond acceptors (Lipinski definition) is 4. The number of halogens is 1. The van der Waals surface area contributed by atoms with E-state index in [0.29, 0.717) is 24.2 Å². The van der Waals surface area contributed by atoms with Gasteiger partial charge in [0, 0.05) is 5.56 Å². The van der Waals surface area contributed by atoms with Gasteiger partial charge in [-0.2, -0.15) is 0 Å². The van der Waals surface area contributed by atoms with E-state index in [1.807, 2.05) is 31.2 Å². The van der Waals surface area contributed by atoms with Crippen molar-refractivity contribution in [2.24, 2.45) is 5.92 Å². The fourth-order valence-electron chi connectivity index (χ4n) is 2.03. The van der Waals surface area contributed by atoms with Gasteiger partial charge in [0.15, 0.2) is 5.82 Å². The minimum absolute atomic E-state index is 0.476. The zero-order valence-electron chi connectivity index (χ0n) is 12.6. The molecule has 2 aromatic rings. The summed E-state index contributed by atoms with van der Waals surface area (Å²) in [5, 5.41) is 0. The Morgan fingerprint density at radius 3 is 2.43 bits per heavy atom. The van der Waals surface area contributed by atoms with Crippen molar-refractivity contribution in [3.8, 4) is 17.1 Å². The zero-order valence-corrected chi connectivity index (χ0v) is 14.1. The highest BCUT2D eigenvalue weighted by Gasteiger charge is 2.12. The summed E-state index contributed by atoms with van der Waals surface area (Å²) in [4.78, 5) is 9.01. The third-order valence-electron chi connectivity index (χ3n) is 2.97. The van der Waals surface area contributed by atoms with Crippen molar-refractivity contribution < 1.29 is 4.74 Å². The quantitative estimate of drug-likeness (QED) is 0.882. The Labute approximate surface area is 133 Å². The fraction of sp³-hybridized carbons (Fsp3) is 0.375. The first kappa shape index (κ1) is 15.8. The van der Waals surface area contributed by atoms with Crippen LogP contribution < -0.4 is 10.5 Å². The number of nitrogen functional groups attached to an aromatic ring is 1. The Morgan fingerprint density at radius 2 is 1.86 bits per heavy atom. The van der Waals surface area contributed by atoms with Crippen LogP contribution in [0, 0.1) is 5.92 Å². The zero-order chi connectivity index (χ0) is 15.4. The van der Waals surface area contributed by atoms with Gasteiger partial charge in [0.25, 0.3) is 0 Å². The molecule has 112 valence electrons. The monoisotopic (exact) mass is 349 g/mol. The first-order valence-electron chi connectivity index (χ1n) is 7.06. The van der Waals surface area contributed by atoms with E-state index in [2.05, 4.69) is 39.7 Å². The number of nitrogens with zero attached hydrogens (tertiary/aromatic N) is 2. The van der Waals surface area contributed by atoms with Crippen LogP contribution in [0.5, 0.6) is 5.75 Å². The molecule has 5 heteroatoms. The van der Waals surface area contributed by atoms with E-state index in [9.17, 15) is 0 Å². The van der Waals surface area contributed by atoms with Crippen molar-refractivity contribution >= 4 is 21.7 Å². The predicted octanol–water partition coefficient (Wildman–Crippen LogP) is 4.09. The number of rotatable bonds is 5. The van der Waals surface area contributed by atoms with E-state index in [1.54, 1.807) is 0 Å². The topological polar surface area (TPSA) is 61.0 Å². The first-order chi connectivity index (χ1) is 10.0. The van der Waals surface area contributed by atoms with E-state index in [1.165, 1.54) is 0 Å². The van der Waals surface area contributed by atoms with Gasteiger partial charge in [0.2, 0.25) is 0 Å². The Balaban J connectivity index is 2.36. The maximum atomic E-state index is 5.99. The highest BCUT2D eigenvalue weighted by atomic mass is 79.9. The summed E-state index contributed by atoms with van der Waals surface area (Å²) in [5.41, 5.74) is 7.87. The second-order valence-electron chi connectivity index (χ2n) is 5.25. The largest absolute Gasteiger partial charge is 0.494 e. The van der Waals surface area contributed by atoms with Crippen molar-refractivity contribution in [2.45, 2.75) is 27.2 Å². The Hall–Kier alpha value is -1.62. The molecule has 0 amide bonds. The molecule has 0 saturated carbocycles. The van der Waals surface area contributed by atoms with E-state index in [4.69, 9.17) is 10.5 Å². The molecule has 0 bridgehead atoms. The molecule has 1 heterocycles. The van der Waals surface area contributed by atoms with Crippen molar-refractivity contribution in [1.82, 2.24) is 9.97 Å². The second-order valence-corrected chi connectivity index (χ2v) is 6.04. The van der Waals surface area contributed by atoms with Crippen LogP contribution in [0.3, 0.4) is 0 Å². The molecule has 2 N–H and O–H groups in total. The van der Waals surface area contributed by atoms with Gasteiger partial charge in [-0.1, -0.05) is 13.8 Å². The normalized spacial score (nSPS) is 10.9. The molecule has 4 nitrogen and oxygen atoms in total. The van der Waals surface area contributed by atoms with Crippen molar-refractivity contribution in [2.75, 3.05) is 12.3 Å². The average molecular weight is 350 g/mol. The van der Waals surface area contributed by atoms with Crippen LogP contribution in [0.15, 0.2) is 28.7 Å². The summed E-state index contributed by atoms with van der Waals surface area (Å²) in [6.07, 6.45) is 0.858. The van der Waals surface area contributed by atoms with Gasteiger partial charge in [-0.15, -0.1) is 0 Å². The molecule has 1 aromatic heterocycles. The van der Waals surface area contributed by atoms with Gasteiger partial charge in [0.1, 0.15) is 11.6 Å². The molecule has 2 rings (SSSR count). The first-order valence-corrected chi connectivity index (χ1v) is 7.85. The van der Waals surface area contributed by atoms with E-state index < -0.39 is 0 Å². The minimum Gasteiger partial charge on any atom is -0.494 e. The van der Waals surface area contributed by atoms with E-state index >= 15 is 0 Å². The molecule has 0 spiro atoms. The van der Waals surface area contributed by atoms with Crippen molar-refractivity contribution in [1.29, 1.82) is 0 Å². The molecule has 0 atom stereocenters. The van der Waals surface area contributed by atoms with Crippen LogP contribution in [0.2, 0.25) is 0 Å². The molecule has 0 aliphatic heterocycles. The summed E-state index contributed by atoms with van der Waals surface area (Å²) in [6, 6.07) is 7.74. The maximum absolute atomic E-state index is 5.99. The molecule has 1 aromatic carbocycles. The smallest absolute Gasteiger partial charge is 0.161 e. The molecule has 0 saturated heterocycles. The molecular weight excluding hydrogens is 330 g/mol. The number of aromatic nitrogens is 2. The van der Waals surface area contributed by atoms with Gasteiger partial charge in [-0.3, -0.25) is 0 Å². The lowest BCUT2D eigenvalue weighted by Gasteiger charge is -2.11. The summed E-state index contributed by atoms with van der Waals surface area (Å²) >= 11 is 3.48. The van der Waals surface area contributed by atoms with Gasteiger partial charge >= 0.3 is 0 Å². The third kappa shape index (κ3) is 3.94. The second kappa shape index (κ2) is 6.89. The standard InChI is InChI=1S/C16H20BrN3O/c1-4-21-12-7-5-11(6-8-12)16-19-13(9-10(2)3)14(17)15(18)20-16/h5-8,10H,4,9H2,1-3H3,(H2,18,19,20). The summed E-state index contributed by atoms with van der Waals surface area (Å²) in [7, 11) is 0. The van der Waals surface area contributed by atoms with Crippen LogP contribution in [-0.2, 0) is 6.42 Å². The predicted molar refractivity (Wildman–Crippen MR) is 89.3 cm³/mol. The highest BCUT2D eigenvalue weighted by Crippen LogP contribution is 2.27. The number of anilines is 1. The number of hydrogen-bond donors (Lipinski definition) is 1. The molecule has 0 aliphatic carbocycles. The van der Waals surface area contributed by atoms with Crippen molar-refractivity contribution in [3.63, 3.8) is 0 Å². The molecular formula is C16H20BrN3O. The summed E-state index contributed by atoms with van der Waals surface area (Å²) in [5.74, 6) is 2.47. The maximum Gasteiger partial charge on any atom is 0.161 e. The van der Waals surface area contributed by atoms with Crippen molar-refractivity contribution in [3.05, 3.63) is 34.4 Å². The number of ether oxygens (including phenoxy) is 1. The Kier molecular flexibility index (Phi) is 5.17. The SMILES string of the molecule is CCOc1ccc(-c2nc(N)c(Br)c(CC(C)C)n2)cc1.